The van der Waals surface area contributed by atoms with Crippen LogP contribution in [0.1, 0.15) is 22.7 Å². The molecule has 1 aromatic heterocycles. The van der Waals surface area contributed by atoms with Gasteiger partial charge in [0.15, 0.2) is 6.54 Å². The highest BCUT2D eigenvalue weighted by Gasteiger charge is 2.25. The molecule has 3 aromatic rings. The summed E-state index contributed by atoms with van der Waals surface area (Å²) in [6.07, 6.45) is 3.51. The van der Waals surface area contributed by atoms with Crippen molar-refractivity contribution in [3.63, 3.8) is 0 Å². The fourth-order valence-corrected chi connectivity index (χ4v) is 3.86. The average Bonchev–Trinajstić information content (AvgIpc) is 2.81. The summed E-state index contributed by atoms with van der Waals surface area (Å²) >= 11 is 0. The lowest BCUT2D eigenvalue weighted by molar-refractivity contribution is -0.677. The normalized spacial score (nSPS) is 15.1. The standard InChI is InChI=1S/C24H27N5O/c1-19-8-10-21(11-9-19)23(20-6-3-2-4-7-20)27-18-22(30)28-14-16-29(17-15-28)24-25-12-5-13-26-24/h2-13,23,27H,14-18H2,1H3/p+1/t23-/m0/s1. The lowest BCUT2D eigenvalue weighted by Crippen LogP contribution is -2.88. The van der Waals surface area contributed by atoms with Crippen LogP contribution in [0.2, 0.25) is 0 Å². The number of rotatable bonds is 6. The summed E-state index contributed by atoms with van der Waals surface area (Å²) in [7, 11) is 0. The van der Waals surface area contributed by atoms with Crippen LogP contribution in [-0.4, -0.2) is 53.5 Å². The first-order valence-electron chi connectivity index (χ1n) is 10.5. The number of aryl methyl sites for hydroxylation is 1. The Morgan fingerprint density at radius 2 is 1.53 bits per heavy atom. The summed E-state index contributed by atoms with van der Waals surface area (Å²) in [4.78, 5) is 25.6. The second-order valence-electron chi connectivity index (χ2n) is 7.66. The van der Waals surface area contributed by atoms with Crippen LogP contribution in [0.25, 0.3) is 0 Å². The Bertz CT molecular complexity index is 938. The van der Waals surface area contributed by atoms with E-state index in [1.54, 1.807) is 12.4 Å². The Kier molecular flexibility index (Phi) is 6.35. The molecule has 0 radical (unpaired) electrons. The van der Waals surface area contributed by atoms with Crippen molar-refractivity contribution in [2.75, 3.05) is 37.6 Å². The average molecular weight is 403 g/mol. The summed E-state index contributed by atoms with van der Waals surface area (Å²) in [5.41, 5.74) is 3.66. The quantitative estimate of drug-likeness (QED) is 0.683. The molecular formula is C24H28N5O+. The summed E-state index contributed by atoms with van der Waals surface area (Å²) in [5.74, 6) is 0.913. The van der Waals surface area contributed by atoms with Crippen molar-refractivity contribution in [1.82, 2.24) is 14.9 Å². The molecule has 0 bridgehead atoms. The van der Waals surface area contributed by atoms with Crippen molar-refractivity contribution in [3.8, 4) is 0 Å². The number of benzene rings is 2. The molecule has 0 spiro atoms. The minimum atomic E-state index is 0.106. The molecule has 2 aromatic carbocycles. The van der Waals surface area contributed by atoms with Crippen LogP contribution in [0.4, 0.5) is 5.95 Å². The van der Waals surface area contributed by atoms with E-state index >= 15 is 0 Å². The third kappa shape index (κ3) is 4.83. The lowest BCUT2D eigenvalue weighted by Gasteiger charge is -2.34. The molecular weight excluding hydrogens is 374 g/mol. The van der Waals surface area contributed by atoms with Crippen LogP contribution < -0.4 is 10.2 Å². The fourth-order valence-electron chi connectivity index (χ4n) is 3.86. The van der Waals surface area contributed by atoms with Crippen molar-refractivity contribution in [2.24, 2.45) is 0 Å². The summed E-state index contributed by atoms with van der Waals surface area (Å²) in [5, 5.41) is 2.15. The van der Waals surface area contributed by atoms with E-state index < -0.39 is 0 Å². The van der Waals surface area contributed by atoms with Crippen LogP contribution in [-0.2, 0) is 4.79 Å². The zero-order valence-corrected chi connectivity index (χ0v) is 17.3. The lowest BCUT2D eigenvalue weighted by atomic mass is 9.98. The number of piperazine rings is 1. The minimum absolute atomic E-state index is 0.106. The van der Waals surface area contributed by atoms with Crippen LogP contribution in [0.5, 0.6) is 0 Å². The van der Waals surface area contributed by atoms with E-state index in [-0.39, 0.29) is 11.9 Å². The molecule has 6 heteroatoms. The molecule has 1 aliphatic rings. The van der Waals surface area contributed by atoms with Gasteiger partial charge in [-0.2, -0.15) is 0 Å². The first kappa shape index (κ1) is 20.0. The molecule has 1 fully saturated rings. The van der Waals surface area contributed by atoms with Gasteiger partial charge in [0.05, 0.1) is 0 Å². The molecule has 1 aliphatic heterocycles. The molecule has 2 heterocycles. The number of carbonyl (C=O) groups excluding carboxylic acids is 1. The Morgan fingerprint density at radius 3 is 2.20 bits per heavy atom. The molecule has 0 saturated carbocycles. The summed E-state index contributed by atoms with van der Waals surface area (Å²) in [6.45, 7) is 5.44. The predicted molar refractivity (Wildman–Crippen MR) is 117 cm³/mol. The molecule has 0 aliphatic carbocycles. The third-order valence-electron chi connectivity index (χ3n) is 5.59. The van der Waals surface area contributed by atoms with Gasteiger partial charge in [-0.15, -0.1) is 0 Å². The SMILES string of the molecule is Cc1ccc([C@@H]([NH2+]CC(=O)N2CCN(c3ncccn3)CC2)c2ccccc2)cc1. The predicted octanol–water partition coefficient (Wildman–Crippen LogP) is 1.79. The Labute approximate surface area is 177 Å². The van der Waals surface area contributed by atoms with Gasteiger partial charge in [0, 0.05) is 49.7 Å². The maximum atomic E-state index is 12.9. The van der Waals surface area contributed by atoms with Crippen molar-refractivity contribution in [3.05, 3.63) is 89.7 Å². The van der Waals surface area contributed by atoms with E-state index in [9.17, 15) is 4.79 Å². The van der Waals surface area contributed by atoms with Gasteiger partial charge in [0.2, 0.25) is 5.95 Å². The van der Waals surface area contributed by atoms with E-state index in [0.717, 1.165) is 19.0 Å². The Hall–Kier alpha value is -3.25. The molecule has 1 amide bonds. The maximum Gasteiger partial charge on any atom is 0.277 e. The van der Waals surface area contributed by atoms with Crippen LogP contribution >= 0.6 is 0 Å². The third-order valence-corrected chi connectivity index (χ3v) is 5.59. The minimum Gasteiger partial charge on any atom is -0.337 e. The largest absolute Gasteiger partial charge is 0.337 e. The van der Waals surface area contributed by atoms with Gasteiger partial charge < -0.3 is 15.1 Å². The van der Waals surface area contributed by atoms with Crippen LogP contribution in [0, 0.1) is 6.92 Å². The van der Waals surface area contributed by atoms with E-state index in [1.165, 1.54) is 16.7 Å². The van der Waals surface area contributed by atoms with Crippen molar-refractivity contribution >= 4 is 11.9 Å². The van der Waals surface area contributed by atoms with Crippen molar-refractivity contribution in [2.45, 2.75) is 13.0 Å². The number of aromatic nitrogens is 2. The maximum absolute atomic E-state index is 12.9. The number of anilines is 1. The van der Waals surface area contributed by atoms with Gasteiger partial charge in [0.25, 0.3) is 5.91 Å². The number of amides is 1. The highest BCUT2D eigenvalue weighted by molar-refractivity contribution is 5.77. The van der Waals surface area contributed by atoms with Crippen LogP contribution in [0.3, 0.4) is 0 Å². The summed E-state index contributed by atoms with van der Waals surface area (Å²) < 4.78 is 0. The Morgan fingerprint density at radius 1 is 0.900 bits per heavy atom. The topological polar surface area (TPSA) is 65.9 Å². The molecule has 4 rings (SSSR count). The number of quaternary nitrogens is 1. The number of hydrogen-bond donors (Lipinski definition) is 1. The molecule has 154 valence electrons. The van der Waals surface area contributed by atoms with E-state index in [0.29, 0.717) is 19.6 Å². The van der Waals surface area contributed by atoms with Gasteiger partial charge in [-0.3, -0.25) is 4.79 Å². The molecule has 2 N–H and O–H groups in total. The first-order chi connectivity index (χ1) is 14.7. The second-order valence-corrected chi connectivity index (χ2v) is 7.66. The number of nitrogens with two attached hydrogens (primary N) is 1. The first-order valence-corrected chi connectivity index (χ1v) is 10.5. The van der Waals surface area contributed by atoms with Crippen molar-refractivity contribution < 1.29 is 10.1 Å². The number of carbonyl (C=O) groups is 1. The zero-order chi connectivity index (χ0) is 20.8. The molecule has 1 saturated heterocycles. The summed E-state index contributed by atoms with van der Waals surface area (Å²) in [6, 6.07) is 20.9. The van der Waals surface area contributed by atoms with E-state index in [2.05, 4.69) is 75.6 Å². The molecule has 0 unspecified atom stereocenters. The van der Waals surface area contributed by atoms with Crippen molar-refractivity contribution in [1.29, 1.82) is 0 Å². The molecule has 30 heavy (non-hydrogen) atoms. The highest BCUT2D eigenvalue weighted by Crippen LogP contribution is 2.18. The van der Waals surface area contributed by atoms with Gasteiger partial charge >= 0.3 is 0 Å². The highest BCUT2D eigenvalue weighted by atomic mass is 16.2. The molecule has 6 nitrogen and oxygen atoms in total. The van der Waals surface area contributed by atoms with Gasteiger partial charge in [-0.25, -0.2) is 9.97 Å². The number of hydrogen-bond acceptors (Lipinski definition) is 4. The monoisotopic (exact) mass is 402 g/mol. The fraction of sp³-hybridized carbons (Fsp3) is 0.292. The van der Waals surface area contributed by atoms with E-state index in [4.69, 9.17) is 0 Å². The van der Waals surface area contributed by atoms with Gasteiger partial charge in [0.1, 0.15) is 6.04 Å². The number of nitrogens with zero attached hydrogens (tertiary/aromatic N) is 4. The zero-order valence-electron chi connectivity index (χ0n) is 17.3. The second kappa shape index (κ2) is 9.50. The Balaban J connectivity index is 1.38. The smallest absolute Gasteiger partial charge is 0.277 e. The van der Waals surface area contributed by atoms with Gasteiger partial charge in [-0.1, -0.05) is 60.2 Å². The van der Waals surface area contributed by atoms with Crippen LogP contribution in [0.15, 0.2) is 73.1 Å². The van der Waals surface area contributed by atoms with E-state index in [1.807, 2.05) is 17.0 Å². The van der Waals surface area contributed by atoms with Gasteiger partial charge in [-0.05, 0) is 13.0 Å². The molecule has 1 atom stereocenters.